The van der Waals surface area contributed by atoms with Gasteiger partial charge in [0, 0.05) is 5.41 Å². The van der Waals surface area contributed by atoms with E-state index in [4.69, 9.17) is 0 Å². The largest absolute Gasteiger partial charge is 0.234 e. The summed E-state index contributed by atoms with van der Waals surface area (Å²) in [5.74, 6) is 0. The summed E-state index contributed by atoms with van der Waals surface area (Å²) in [6.07, 6.45) is 1.56. The van der Waals surface area contributed by atoms with Gasteiger partial charge in [-0.3, -0.25) is 0 Å². The summed E-state index contributed by atoms with van der Waals surface area (Å²) in [7, 11) is 0. The molecule has 0 saturated carbocycles. The molecule has 13 heavy (non-hydrogen) atoms. The first-order valence-electron chi connectivity index (χ1n) is 4.17. The van der Waals surface area contributed by atoms with Gasteiger partial charge in [0.25, 0.3) is 0 Å². The van der Waals surface area contributed by atoms with Crippen molar-refractivity contribution in [3.63, 3.8) is 0 Å². The van der Waals surface area contributed by atoms with E-state index in [-0.39, 0.29) is 5.41 Å². The topological polar surface area (TPSA) is 29.4 Å². The van der Waals surface area contributed by atoms with Gasteiger partial charge in [0.15, 0.2) is 0 Å². The Morgan fingerprint density at radius 2 is 2.08 bits per heavy atom. The molecule has 0 aliphatic carbocycles. The highest BCUT2D eigenvalue weighted by atomic mass is 16.1. The second kappa shape index (κ2) is 4.01. The third-order valence-electron chi connectivity index (χ3n) is 2.04. The molecule has 0 aliphatic heterocycles. The zero-order chi connectivity index (χ0) is 9.73. The van der Waals surface area contributed by atoms with Crippen LogP contribution in [0, 0.1) is 6.07 Å². The minimum absolute atomic E-state index is 0.105. The number of rotatable bonds is 3. The highest BCUT2D eigenvalue weighted by Gasteiger charge is 2.19. The van der Waals surface area contributed by atoms with Crippen LogP contribution < -0.4 is 0 Å². The number of nitrogens with zero attached hydrogens (tertiary/aromatic N) is 1. The molecule has 0 amide bonds. The lowest BCUT2D eigenvalue weighted by Gasteiger charge is -2.21. The maximum Gasteiger partial charge on any atom is 0.234 e. The van der Waals surface area contributed by atoms with Crippen molar-refractivity contribution in [2.45, 2.75) is 19.3 Å². The molecule has 2 heteroatoms. The monoisotopic (exact) mass is 174 g/mol. The number of carbonyl (C=O) groups excluding carboxylic acids is 1. The predicted octanol–water partition coefficient (Wildman–Crippen LogP) is 2.10. The quantitative estimate of drug-likeness (QED) is 0.509. The van der Waals surface area contributed by atoms with E-state index in [0.717, 1.165) is 5.56 Å². The molecule has 1 radical (unpaired) electrons. The molecule has 0 unspecified atom stereocenters. The van der Waals surface area contributed by atoms with Crippen LogP contribution in [0.1, 0.15) is 19.4 Å². The summed E-state index contributed by atoms with van der Waals surface area (Å²) < 4.78 is 0. The van der Waals surface area contributed by atoms with Gasteiger partial charge < -0.3 is 0 Å². The number of isocyanates is 1. The van der Waals surface area contributed by atoms with E-state index in [2.05, 4.69) is 11.1 Å². The molecular weight excluding hydrogens is 162 g/mol. The molecular formula is C11H12NO. The fourth-order valence-corrected chi connectivity index (χ4v) is 1.16. The standard InChI is InChI=1S/C11H12NO/c1-11(2,8-12-9-13)10-6-4-3-5-7-10/h4-7H,8H2,1-2H3. The van der Waals surface area contributed by atoms with Crippen molar-refractivity contribution in [1.82, 2.24) is 0 Å². The van der Waals surface area contributed by atoms with Crippen molar-refractivity contribution >= 4 is 6.08 Å². The minimum atomic E-state index is -0.105. The average Bonchev–Trinajstić information content (AvgIpc) is 2.16. The number of benzene rings is 1. The predicted molar refractivity (Wildman–Crippen MR) is 51.3 cm³/mol. The van der Waals surface area contributed by atoms with Crippen molar-refractivity contribution in [3.8, 4) is 0 Å². The Balaban J connectivity index is 2.87. The van der Waals surface area contributed by atoms with Crippen LogP contribution >= 0.6 is 0 Å². The van der Waals surface area contributed by atoms with E-state index in [9.17, 15) is 4.79 Å². The van der Waals surface area contributed by atoms with E-state index in [0.29, 0.717) is 6.54 Å². The van der Waals surface area contributed by atoms with Gasteiger partial charge in [0.2, 0.25) is 6.08 Å². The lowest BCUT2D eigenvalue weighted by Crippen LogP contribution is -2.20. The average molecular weight is 174 g/mol. The van der Waals surface area contributed by atoms with Gasteiger partial charge in [-0.05, 0) is 11.6 Å². The first-order valence-corrected chi connectivity index (χ1v) is 4.17. The zero-order valence-corrected chi connectivity index (χ0v) is 7.87. The van der Waals surface area contributed by atoms with E-state index >= 15 is 0 Å². The van der Waals surface area contributed by atoms with Crippen LogP contribution in [0.15, 0.2) is 29.3 Å². The maximum absolute atomic E-state index is 9.99. The van der Waals surface area contributed by atoms with Gasteiger partial charge in [-0.25, -0.2) is 9.79 Å². The molecule has 1 rings (SSSR count). The lowest BCUT2D eigenvalue weighted by atomic mass is 9.85. The Kier molecular flexibility index (Phi) is 2.99. The van der Waals surface area contributed by atoms with Crippen LogP contribution in [0.25, 0.3) is 0 Å². The fraction of sp³-hybridized carbons (Fsp3) is 0.364. The molecule has 0 bridgehead atoms. The third kappa shape index (κ3) is 2.53. The van der Waals surface area contributed by atoms with Gasteiger partial charge in [0.05, 0.1) is 6.54 Å². The van der Waals surface area contributed by atoms with Crippen molar-refractivity contribution in [2.75, 3.05) is 6.54 Å². The molecule has 0 fully saturated rings. The molecule has 0 aromatic heterocycles. The van der Waals surface area contributed by atoms with Gasteiger partial charge in [0.1, 0.15) is 0 Å². The Bertz CT molecular complexity index is 310. The Hall–Kier alpha value is -1.40. The highest BCUT2D eigenvalue weighted by Crippen LogP contribution is 2.22. The number of hydrogen-bond donors (Lipinski definition) is 0. The molecule has 2 nitrogen and oxygen atoms in total. The molecule has 0 spiro atoms. The van der Waals surface area contributed by atoms with Crippen molar-refractivity contribution in [3.05, 3.63) is 35.9 Å². The van der Waals surface area contributed by atoms with Crippen molar-refractivity contribution in [1.29, 1.82) is 0 Å². The molecule has 0 saturated heterocycles. The Labute approximate surface area is 78.3 Å². The molecule has 0 aliphatic rings. The molecule has 67 valence electrons. The normalized spacial score (nSPS) is 10.6. The van der Waals surface area contributed by atoms with Gasteiger partial charge in [-0.2, -0.15) is 0 Å². The lowest BCUT2D eigenvalue weighted by molar-refractivity contribution is 0.526. The summed E-state index contributed by atoms with van der Waals surface area (Å²) in [5, 5.41) is 0. The van der Waals surface area contributed by atoms with Gasteiger partial charge >= 0.3 is 0 Å². The number of aliphatic imine (C=N–C) groups is 1. The third-order valence-corrected chi connectivity index (χ3v) is 2.04. The van der Waals surface area contributed by atoms with E-state index in [1.54, 1.807) is 6.08 Å². The Morgan fingerprint density at radius 3 is 2.62 bits per heavy atom. The fourth-order valence-electron chi connectivity index (χ4n) is 1.16. The first kappa shape index (κ1) is 9.69. The second-order valence-corrected chi connectivity index (χ2v) is 3.58. The van der Waals surface area contributed by atoms with Crippen molar-refractivity contribution < 1.29 is 4.79 Å². The molecule has 1 aromatic carbocycles. The van der Waals surface area contributed by atoms with Crippen LogP contribution in [0.5, 0.6) is 0 Å². The summed E-state index contributed by atoms with van der Waals surface area (Å²) in [6, 6.07) is 10.7. The summed E-state index contributed by atoms with van der Waals surface area (Å²) in [6.45, 7) is 4.56. The van der Waals surface area contributed by atoms with E-state index < -0.39 is 0 Å². The second-order valence-electron chi connectivity index (χ2n) is 3.58. The molecule has 0 atom stereocenters. The molecule has 0 heterocycles. The van der Waals surface area contributed by atoms with E-state index in [1.807, 2.05) is 38.1 Å². The maximum atomic E-state index is 9.99. The SMILES string of the molecule is CC(C)(CN=C=O)c1cc[c]cc1. The van der Waals surface area contributed by atoms with Crippen LogP contribution in [0.3, 0.4) is 0 Å². The summed E-state index contributed by atoms with van der Waals surface area (Å²) in [4.78, 5) is 13.6. The van der Waals surface area contributed by atoms with Crippen LogP contribution in [0.4, 0.5) is 0 Å². The van der Waals surface area contributed by atoms with Gasteiger partial charge in [-0.1, -0.05) is 38.1 Å². The van der Waals surface area contributed by atoms with Crippen LogP contribution in [-0.2, 0) is 10.2 Å². The Morgan fingerprint density at radius 1 is 1.46 bits per heavy atom. The van der Waals surface area contributed by atoms with Crippen molar-refractivity contribution in [2.24, 2.45) is 4.99 Å². The highest BCUT2D eigenvalue weighted by molar-refractivity contribution is 5.34. The number of hydrogen-bond acceptors (Lipinski definition) is 2. The van der Waals surface area contributed by atoms with Crippen LogP contribution in [-0.4, -0.2) is 12.6 Å². The minimum Gasteiger partial charge on any atom is -0.211 e. The summed E-state index contributed by atoms with van der Waals surface area (Å²) >= 11 is 0. The molecule has 0 N–H and O–H groups in total. The molecule has 1 aromatic rings. The summed E-state index contributed by atoms with van der Waals surface area (Å²) in [5.41, 5.74) is 1.05. The van der Waals surface area contributed by atoms with Crippen LogP contribution in [0.2, 0.25) is 0 Å². The van der Waals surface area contributed by atoms with E-state index in [1.165, 1.54) is 0 Å². The van der Waals surface area contributed by atoms with Gasteiger partial charge in [-0.15, -0.1) is 0 Å². The zero-order valence-electron chi connectivity index (χ0n) is 7.87. The first-order chi connectivity index (χ1) is 6.17. The smallest absolute Gasteiger partial charge is 0.211 e.